The summed E-state index contributed by atoms with van der Waals surface area (Å²) in [6.45, 7) is 3.38. The summed E-state index contributed by atoms with van der Waals surface area (Å²) in [4.78, 5) is 46.8. The zero-order valence-electron chi connectivity index (χ0n) is 16.2. The van der Waals surface area contributed by atoms with Crippen molar-refractivity contribution in [3.05, 3.63) is 0 Å². The molecule has 160 valence electrons. The Morgan fingerprint density at radius 2 is 1.39 bits per heavy atom. The van der Waals surface area contributed by atoms with Crippen LogP contribution >= 0.6 is 0 Å². The van der Waals surface area contributed by atoms with E-state index in [4.69, 9.17) is 28.8 Å². The van der Waals surface area contributed by atoms with Crippen molar-refractivity contribution in [3.8, 4) is 0 Å². The Kier molecular flexibility index (Phi) is 9.83. The van der Waals surface area contributed by atoms with Gasteiger partial charge in [-0.2, -0.15) is 0 Å². The zero-order valence-corrected chi connectivity index (χ0v) is 16.2. The van der Waals surface area contributed by atoms with E-state index in [0.717, 1.165) is 27.9 Å². The van der Waals surface area contributed by atoms with Crippen LogP contribution in [0, 0.1) is 0 Å². The molecule has 0 unspecified atom stereocenters. The number of methoxy groups -OCH3 is 1. The van der Waals surface area contributed by atoms with E-state index in [0.29, 0.717) is 12.8 Å². The number of carbonyl (C=O) groups excluding carboxylic acids is 4. The summed E-state index contributed by atoms with van der Waals surface area (Å²) >= 11 is 0. The number of rotatable bonds is 9. The molecule has 11 nitrogen and oxygen atoms in total. The van der Waals surface area contributed by atoms with Crippen LogP contribution in [0.1, 0.15) is 33.6 Å². The van der Waals surface area contributed by atoms with Gasteiger partial charge in [-0.15, -0.1) is 0 Å². The lowest BCUT2D eigenvalue weighted by atomic mass is 9.97. The molecular weight excluding hydrogens is 380 g/mol. The van der Waals surface area contributed by atoms with Crippen molar-refractivity contribution in [2.75, 3.05) is 20.3 Å². The van der Waals surface area contributed by atoms with Crippen LogP contribution in [0.3, 0.4) is 0 Å². The Morgan fingerprint density at radius 1 is 0.857 bits per heavy atom. The molecule has 1 aliphatic heterocycles. The number of ether oxygens (including phenoxy) is 6. The van der Waals surface area contributed by atoms with Crippen molar-refractivity contribution in [1.82, 2.24) is 0 Å². The molecule has 0 radical (unpaired) electrons. The SMILES string of the molecule is COC(=O)[C@H]1O[C@@H](OCCCCO)[C@H](OC(C)=O)[C@@H](OC(C)=O)[C@@H]1OC(C)=O. The fraction of sp³-hybridized carbons (Fsp3) is 0.765. The third-order valence-corrected chi connectivity index (χ3v) is 3.67. The predicted octanol–water partition coefficient (Wildman–Crippen LogP) is -0.531. The zero-order chi connectivity index (χ0) is 21.3. The van der Waals surface area contributed by atoms with E-state index in [2.05, 4.69) is 4.74 Å². The van der Waals surface area contributed by atoms with Crippen molar-refractivity contribution in [1.29, 1.82) is 0 Å². The highest BCUT2D eigenvalue weighted by molar-refractivity contribution is 5.77. The fourth-order valence-electron chi connectivity index (χ4n) is 2.63. The minimum Gasteiger partial charge on any atom is -0.467 e. The number of unbranched alkanes of at least 4 members (excludes halogenated alkanes) is 1. The van der Waals surface area contributed by atoms with Gasteiger partial charge in [0.15, 0.2) is 30.7 Å². The van der Waals surface area contributed by atoms with E-state index in [9.17, 15) is 19.2 Å². The third-order valence-electron chi connectivity index (χ3n) is 3.67. The van der Waals surface area contributed by atoms with Gasteiger partial charge in [-0.3, -0.25) is 14.4 Å². The molecule has 1 saturated heterocycles. The minimum absolute atomic E-state index is 0.0440. The first-order valence-electron chi connectivity index (χ1n) is 8.68. The van der Waals surface area contributed by atoms with Gasteiger partial charge in [0.2, 0.25) is 0 Å². The maximum absolute atomic E-state index is 12.2. The lowest BCUT2D eigenvalue weighted by molar-refractivity contribution is -0.301. The van der Waals surface area contributed by atoms with E-state index >= 15 is 0 Å². The largest absolute Gasteiger partial charge is 0.467 e. The quantitative estimate of drug-likeness (QED) is 0.300. The van der Waals surface area contributed by atoms with Gasteiger partial charge in [-0.05, 0) is 12.8 Å². The molecule has 0 aliphatic carbocycles. The predicted molar refractivity (Wildman–Crippen MR) is 89.6 cm³/mol. The molecule has 11 heteroatoms. The van der Waals surface area contributed by atoms with Crippen LogP contribution in [-0.2, 0) is 47.6 Å². The fourth-order valence-corrected chi connectivity index (χ4v) is 2.63. The number of esters is 4. The molecule has 0 amide bonds. The van der Waals surface area contributed by atoms with Gasteiger partial charge in [0.1, 0.15) is 0 Å². The van der Waals surface area contributed by atoms with E-state index in [1.54, 1.807) is 0 Å². The Morgan fingerprint density at radius 3 is 1.89 bits per heavy atom. The van der Waals surface area contributed by atoms with Crippen LogP contribution in [0.15, 0.2) is 0 Å². The summed E-state index contributed by atoms with van der Waals surface area (Å²) in [6, 6.07) is 0. The Bertz CT molecular complexity index is 561. The molecule has 28 heavy (non-hydrogen) atoms. The van der Waals surface area contributed by atoms with Gasteiger partial charge in [0, 0.05) is 34.0 Å². The maximum Gasteiger partial charge on any atom is 0.339 e. The maximum atomic E-state index is 12.2. The molecular formula is C17H26O11. The van der Waals surface area contributed by atoms with Gasteiger partial charge in [-0.1, -0.05) is 0 Å². The molecule has 1 fully saturated rings. The van der Waals surface area contributed by atoms with Crippen LogP contribution in [0.2, 0.25) is 0 Å². The van der Waals surface area contributed by atoms with Crippen LogP contribution < -0.4 is 0 Å². The van der Waals surface area contributed by atoms with E-state index in [-0.39, 0.29) is 13.2 Å². The molecule has 1 N–H and O–H groups in total. The summed E-state index contributed by atoms with van der Waals surface area (Å²) < 4.78 is 31.3. The number of aliphatic hydroxyl groups excluding tert-OH is 1. The van der Waals surface area contributed by atoms with Crippen molar-refractivity contribution in [3.63, 3.8) is 0 Å². The highest BCUT2D eigenvalue weighted by Crippen LogP contribution is 2.30. The Balaban J connectivity index is 3.23. The summed E-state index contributed by atoms with van der Waals surface area (Å²) in [7, 11) is 1.10. The second kappa shape index (κ2) is 11.6. The average Bonchev–Trinajstić information content (AvgIpc) is 2.61. The average molecular weight is 406 g/mol. The molecule has 0 aromatic carbocycles. The van der Waals surface area contributed by atoms with Crippen LogP contribution in [0.5, 0.6) is 0 Å². The number of aliphatic hydroxyl groups is 1. The topological polar surface area (TPSA) is 144 Å². The van der Waals surface area contributed by atoms with E-state index < -0.39 is 54.6 Å². The summed E-state index contributed by atoms with van der Waals surface area (Å²) in [6.07, 6.45) is -5.97. The molecule has 0 saturated carbocycles. The summed E-state index contributed by atoms with van der Waals surface area (Å²) in [5.41, 5.74) is 0. The normalized spacial score (nSPS) is 26.8. The second-order valence-electron chi connectivity index (χ2n) is 5.97. The van der Waals surface area contributed by atoms with E-state index in [1.807, 2.05) is 0 Å². The van der Waals surface area contributed by atoms with Gasteiger partial charge in [0.25, 0.3) is 0 Å². The molecule has 0 spiro atoms. The van der Waals surface area contributed by atoms with E-state index in [1.165, 1.54) is 0 Å². The highest BCUT2D eigenvalue weighted by Gasteiger charge is 2.55. The monoisotopic (exact) mass is 406 g/mol. The molecule has 5 atom stereocenters. The first-order chi connectivity index (χ1) is 13.2. The molecule has 1 rings (SSSR count). The van der Waals surface area contributed by atoms with Gasteiger partial charge in [0.05, 0.1) is 7.11 Å². The smallest absolute Gasteiger partial charge is 0.339 e. The molecule has 1 aliphatic rings. The lowest BCUT2D eigenvalue weighted by Gasteiger charge is -2.43. The van der Waals surface area contributed by atoms with Crippen molar-refractivity contribution >= 4 is 23.9 Å². The second-order valence-corrected chi connectivity index (χ2v) is 5.97. The number of carbonyl (C=O) groups is 4. The van der Waals surface area contributed by atoms with Crippen molar-refractivity contribution in [2.45, 2.75) is 64.3 Å². The number of hydrogen-bond donors (Lipinski definition) is 1. The van der Waals surface area contributed by atoms with Gasteiger partial charge < -0.3 is 33.5 Å². The molecule has 1 heterocycles. The van der Waals surface area contributed by atoms with Crippen LogP contribution in [0.25, 0.3) is 0 Å². The Labute approximate surface area is 162 Å². The first kappa shape index (κ1) is 23.8. The third kappa shape index (κ3) is 7.06. The highest BCUT2D eigenvalue weighted by atomic mass is 16.7. The molecule has 0 bridgehead atoms. The summed E-state index contributed by atoms with van der Waals surface area (Å²) in [5.74, 6) is -3.16. The molecule has 0 aromatic heterocycles. The first-order valence-corrected chi connectivity index (χ1v) is 8.68. The van der Waals surface area contributed by atoms with Crippen LogP contribution in [-0.4, -0.2) is 80.0 Å². The van der Waals surface area contributed by atoms with Crippen molar-refractivity contribution in [2.24, 2.45) is 0 Å². The number of hydrogen-bond acceptors (Lipinski definition) is 11. The lowest BCUT2D eigenvalue weighted by Crippen LogP contribution is -2.63. The van der Waals surface area contributed by atoms with Crippen molar-refractivity contribution < 1.29 is 52.7 Å². The molecule has 0 aromatic rings. The Hall–Kier alpha value is -2.24. The minimum atomic E-state index is -1.48. The van der Waals surface area contributed by atoms with Gasteiger partial charge in [-0.25, -0.2) is 4.79 Å². The van der Waals surface area contributed by atoms with Gasteiger partial charge >= 0.3 is 23.9 Å². The summed E-state index contributed by atoms with van der Waals surface area (Å²) in [5, 5.41) is 8.86. The van der Waals surface area contributed by atoms with Crippen LogP contribution in [0.4, 0.5) is 0 Å². The standard InChI is InChI=1S/C17H26O11/c1-9(19)25-12-13(26-10(2)20)15(27-11(3)21)17(24-8-6-5-7-18)28-14(12)16(22)23-4/h12-15,17-18H,5-8H2,1-4H3/t12-,13-,14-,15+,17+/m0/s1.